The van der Waals surface area contributed by atoms with Gasteiger partial charge in [-0.15, -0.1) is 0 Å². The minimum absolute atomic E-state index is 0.0243. The van der Waals surface area contributed by atoms with Crippen molar-refractivity contribution in [1.29, 1.82) is 0 Å². The van der Waals surface area contributed by atoms with Crippen molar-refractivity contribution >= 4 is 5.91 Å². The molecule has 2 aromatic heterocycles. The number of aromatic nitrogens is 5. The molecule has 1 saturated heterocycles. The molecular weight excluding hydrogens is 328 g/mol. The first-order chi connectivity index (χ1) is 12.8. The number of hydrogen-bond donors (Lipinski definition) is 0. The molecule has 0 atom stereocenters. The fourth-order valence-electron chi connectivity index (χ4n) is 3.28. The lowest BCUT2D eigenvalue weighted by molar-refractivity contribution is 0.0675. The first-order valence-corrected chi connectivity index (χ1v) is 8.80. The molecule has 1 fully saturated rings. The summed E-state index contributed by atoms with van der Waals surface area (Å²) in [4.78, 5) is 27.4. The summed E-state index contributed by atoms with van der Waals surface area (Å²) in [6.45, 7) is 2.33. The zero-order valence-electron chi connectivity index (χ0n) is 14.4. The SMILES string of the molecule is O=C(c1ccnc(-c2ccccc2)n1)N1CCC(Cn2cncn2)CC1. The second-order valence-corrected chi connectivity index (χ2v) is 6.48. The van der Waals surface area contributed by atoms with Gasteiger partial charge in [-0.05, 0) is 24.8 Å². The van der Waals surface area contributed by atoms with Crippen LogP contribution in [-0.4, -0.2) is 48.6 Å². The fourth-order valence-corrected chi connectivity index (χ4v) is 3.28. The third kappa shape index (κ3) is 3.61. The second-order valence-electron chi connectivity index (χ2n) is 6.48. The van der Waals surface area contributed by atoms with Crippen LogP contribution in [0, 0.1) is 5.92 Å². The highest BCUT2D eigenvalue weighted by atomic mass is 16.2. The molecule has 132 valence electrons. The van der Waals surface area contributed by atoms with Crippen LogP contribution in [0.15, 0.2) is 55.2 Å². The molecule has 1 aromatic carbocycles. The summed E-state index contributed by atoms with van der Waals surface area (Å²) in [6.07, 6.45) is 6.87. The van der Waals surface area contributed by atoms with Gasteiger partial charge in [0.1, 0.15) is 18.3 Å². The van der Waals surface area contributed by atoms with Gasteiger partial charge in [0.15, 0.2) is 5.82 Å². The highest BCUT2D eigenvalue weighted by molar-refractivity contribution is 5.92. The van der Waals surface area contributed by atoms with E-state index in [9.17, 15) is 4.79 Å². The van der Waals surface area contributed by atoms with E-state index in [-0.39, 0.29) is 5.91 Å². The van der Waals surface area contributed by atoms with Gasteiger partial charge in [0.25, 0.3) is 5.91 Å². The normalized spacial score (nSPS) is 15.2. The smallest absolute Gasteiger partial charge is 0.272 e. The predicted molar refractivity (Wildman–Crippen MR) is 96.1 cm³/mol. The van der Waals surface area contributed by atoms with E-state index in [2.05, 4.69) is 20.1 Å². The molecule has 0 aliphatic carbocycles. The number of carbonyl (C=O) groups excluding carboxylic acids is 1. The number of benzene rings is 1. The zero-order valence-corrected chi connectivity index (χ0v) is 14.4. The summed E-state index contributed by atoms with van der Waals surface area (Å²) in [5.41, 5.74) is 1.36. The van der Waals surface area contributed by atoms with Gasteiger partial charge in [0.05, 0.1) is 0 Å². The monoisotopic (exact) mass is 348 g/mol. The largest absolute Gasteiger partial charge is 0.337 e. The van der Waals surface area contributed by atoms with E-state index in [1.807, 2.05) is 39.9 Å². The average Bonchev–Trinajstić information content (AvgIpc) is 3.22. The molecule has 3 aromatic rings. The Bertz CT molecular complexity index is 857. The van der Waals surface area contributed by atoms with E-state index in [1.54, 1.807) is 24.9 Å². The lowest BCUT2D eigenvalue weighted by Gasteiger charge is -2.31. The lowest BCUT2D eigenvalue weighted by atomic mass is 9.96. The summed E-state index contributed by atoms with van der Waals surface area (Å²) >= 11 is 0. The van der Waals surface area contributed by atoms with Crippen LogP contribution in [-0.2, 0) is 6.54 Å². The molecule has 0 saturated carbocycles. The average molecular weight is 348 g/mol. The molecule has 1 aliphatic heterocycles. The molecule has 3 heterocycles. The van der Waals surface area contributed by atoms with Crippen LogP contribution in [0.5, 0.6) is 0 Å². The number of likely N-dealkylation sites (tertiary alicyclic amines) is 1. The summed E-state index contributed by atoms with van der Waals surface area (Å²) in [5, 5.41) is 4.16. The fraction of sp³-hybridized carbons (Fsp3) is 0.316. The van der Waals surface area contributed by atoms with Gasteiger partial charge < -0.3 is 4.90 Å². The van der Waals surface area contributed by atoms with Gasteiger partial charge >= 0.3 is 0 Å². The number of hydrogen-bond acceptors (Lipinski definition) is 5. The van der Waals surface area contributed by atoms with Crippen molar-refractivity contribution in [2.24, 2.45) is 5.92 Å². The van der Waals surface area contributed by atoms with Crippen LogP contribution >= 0.6 is 0 Å². The summed E-state index contributed by atoms with van der Waals surface area (Å²) in [5.74, 6) is 1.08. The standard InChI is InChI=1S/C19H20N6O/c26-19(17-6-9-21-18(23-17)16-4-2-1-3-5-16)24-10-7-15(8-11-24)12-25-14-20-13-22-25/h1-6,9,13-15H,7-8,10-12H2. The minimum atomic E-state index is -0.0243. The molecule has 0 radical (unpaired) electrons. The van der Waals surface area contributed by atoms with Crippen LogP contribution < -0.4 is 0 Å². The number of piperidine rings is 1. The quantitative estimate of drug-likeness (QED) is 0.723. The van der Waals surface area contributed by atoms with Crippen molar-refractivity contribution in [3.63, 3.8) is 0 Å². The highest BCUT2D eigenvalue weighted by Crippen LogP contribution is 2.21. The van der Waals surface area contributed by atoms with Gasteiger partial charge in [-0.1, -0.05) is 30.3 Å². The molecule has 0 spiro atoms. The van der Waals surface area contributed by atoms with Crippen molar-refractivity contribution in [1.82, 2.24) is 29.6 Å². The molecule has 0 bridgehead atoms. The Labute approximate surface area is 151 Å². The molecule has 1 amide bonds. The Morgan fingerprint density at radius 1 is 1.12 bits per heavy atom. The Morgan fingerprint density at radius 3 is 2.65 bits per heavy atom. The van der Waals surface area contributed by atoms with Crippen LogP contribution in [0.3, 0.4) is 0 Å². The van der Waals surface area contributed by atoms with Crippen molar-refractivity contribution < 1.29 is 4.79 Å². The van der Waals surface area contributed by atoms with Gasteiger partial charge in [-0.2, -0.15) is 5.10 Å². The summed E-state index contributed by atoms with van der Waals surface area (Å²) in [6, 6.07) is 11.4. The van der Waals surface area contributed by atoms with Crippen LogP contribution in [0.4, 0.5) is 0 Å². The van der Waals surface area contributed by atoms with E-state index in [1.165, 1.54) is 0 Å². The topological polar surface area (TPSA) is 76.8 Å². The molecule has 4 rings (SSSR count). The summed E-state index contributed by atoms with van der Waals surface area (Å²) < 4.78 is 1.86. The van der Waals surface area contributed by atoms with E-state index in [0.717, 1.165) is 38.0 Å². The van der Waals surface area contributed by atoms with E-state index in [0.29, 0.717) is 17.4 Å². The molecule has 0 unspecified atom stereocenters. The maximum Gasteiger partial charge on any atom is 0.272 e. The molecule has 7 heteroatoms. The Hall–Kier alpha value is -3.09. The second kappa shape index (κ2) is 7.43. The maximum atomic E-state index is 12.8. The third-order valence-electron chi connectivity index (χ3n) is 4.72. The molecule has 1 aliphatic rings. The Morgan fingerprint density at radius 2 is 1.92 bits per heavy atom. The predicted octanol–water partition coefficient (Wildman–Crippen LogP) is 2.29. The van der Waals surface area contributed by atoms with Gasteiger partial charge in [-0.3, -0.25) is 9.48 Å². The van der Waals surface area contributed by atoms with Crippen molar-refractivity contribution in [3.8, 4) is 11.4 Å². The number of nitrogens with zero attached hydrogens (tertiary/aromatic N) is 6. The van der Waals surface area contributed by atoms with Gasteiger partial charge in [0, 0.05) is 31.4 Å². The van der Waals surface area contributed by atoms with Crippen molar-refractivity contribution in [2.45, 2.75) is 19.4 Å². The van der Waals surface area contributed by atoms with E-state index < -0.39 is 0 Å². The number of carbonyl (C=O) groups is 1. The molecule has 7 nitrogen and oxygen atoms in total. The summed E-state index contributed by atoms with van der Waals surface area (Å²) in [7, 11) is 0. The molecule has 0 N–H and O–H groups in total. The van der Waals surface area contributed by atoms with Gasteiger partial charge in [-0.25, -0.2) is 15.0 Å². The Balaban J connectivity index is 1.41. The zero-order chi connectivity index (χ0) is 17.8. The van der Waals surface area contributed by atoms with Gasteiger partial charge in [0.2, 0.25) is 0 Å². The number of amides is 1. The van der Waals surface area contributed by atoms with E-state index >= 15 is 0 Å². The molecule has 26 heavy (non-hydrogen) atoms. The van der Waals surface area contributed by atoms with Crippen LogP contribution in [0.25, 0.3) is 11.4 Å². The van der Waals surface area contributed by atoms with Crippen molar-refractivity contribution in [3.05, 3.63) is 60.9 Å². The first-order valence-electron chi connectivity index (χ1n) is 8.80. The van der Waals surface area contributed by atoms with Crippen LogP contribution in [0.2, 0.25) is 0 Å². The minimum Gasteiger partial charge on any atom is -0.337 e. The first kappa shape index (κ1) is 16.4. The third-order valence-corrected chi connectivity index (χ3v) is 4.72. The highest BCUT2D eigenvalue weighted by Gasteiger charge is 2.25. The number of rotatable bonds is 4. The van der Waals surface area contributed by atoms with Crippen molar-refractivity contribution in [2.75, 3.05) is 13.1 Å². The lowest BCUT2D eigenvalue weighted by Crippen LogP contribution is -2.39. The molecular formula is C19H20N6O. The van der Waals surface area contributed by atoms with Crippen LogP contribution in [0.1, 0.15) is 23.3 Å². The maximum absolute atomic E-state index is 12.8. The van der Waals surface area contributed by atoms with E-state index in [4.69, 9.17) is 0 Å². The Kier molecular flexibility index (Phi) is 4.68.